The van der Waals surface area contributed by atoms with Gasteiger partial charge >= 0.3 is 5.97 Å². The fraction of sp³-hybridized carbons (Fsp3) is 0.444. The van der Waals surface area contributed by atoms with Gasteiger partial charge in [-0.1, -0.05) is 66.2 Å². The number of rotatable bonds is 14. The van der Waals surface area contributed by atoms with E-state index in [0.717, 1.165) is 5.56 Å². The van der Waals surface area contributed by atoms with Crippen molar-refractivity contribution in [2.75, 3.05) is 24.6 Å². The summed E-state index contributed by atoms with van der Waals surface area (Å²) in [5.74, 6) is -3.72. The van der Waals surface area contributed by atoms with Crippen LogP contribution in [0.2, 0.25) is 5.02 Å². The number of hydrogen-bond donors (Lipinski definition) is 2. The lowest BCUT2D eigenvalue weighted by atomic mass is 9.70. The zero-order chi connectivity index (χ0) is 33.9. The predicted molar refractivity (Wildman–Crippen MR) is 177 cm³/mol. The van der Waals surface area contributed by atoms with Gasteiger partial charge < -0.3 is 29.7 Å². The lowest BCUT2D eigenvalue weighted by Crippen LogP contribution is -2.58. The van der Waals surface area contributed by atoms with E-state index in [2.05, 4.69) is 18.5 Å². The van der Waals surface area contributed by atoms with Gasteiger partial charge in [0.05, 0.1) is 47.8 Å². The standard InChI is InChI=1S/C36H42ClN3O7/c1-5-7-16-28(42)38-20-27(24-13-9-8-10-14-24)46-35(45)29-26-17-18-36(47-26)30(29)33(43)40(23(4)21-41)32(36)34(44)39(19-6-2)31-22(3)12-11-15-25(31)37/h5-6,8-15,23,26-27,29-30,32,41H,1-2,7,16-21H2,3-4H3,(H,38,42)/t23-,26+,27+,29-,30-,32+,36-/m1/s1. The van der Waals surface area contributed by atoms with E-state index < -0.39 is 66.1 Å². The second-order valence-electron chi connectivity index (χ2n) is 12.4. The number of nitrogens with zero attached hydrogens (tertiary/aromatic N) is 2. The molecule has 11 heteroatoms. The minimum atomic E-state index is -1.32. The number of aliphatic hydroxyl groups excluding tert-OH is 1. The molecule has 2 N–H and O–H groups in total. The second-order valence-corrected chi connectivity index (χ2v) is 12.9. The molecular weight excluding hydrogens is 622 g/mol. The minimum Gasteiger partial charge on any atom is -0.455 e. The maximum Gasteiger partial charge on any atom is 0.313 e. The molecule has 0 radical (unpaired) electrons. The molecule has 3 fully saturated rings. The van der Waals surface area contributed by atoms with Gasteiger partial charge in [0.2, 0.25) is 11.8 Å². The first-order valence-corrected chi connectivity index (χ1v) is 16.4. The SMILES string of the molecule is C=CCCC(=O)NC[C@H](OC(=O)[C@@H]1[C@@H]2CC[C@]3(O2)[C@H](C(=O)N(CC=C)c2c(C)cccc2Cl)N([C@H](C)CO)C(=O)[C@@H]13)c1ccccc1. The smallest absolute Gasteiger partial charge is 0.313 e. The number of halogens is 1. The van der Waals surface area contributed by atoms with Gasteiger partial charge in [-0.05, 0) is 50.3 Å². The van der Waals surface area contributed by atoms with Gasteiger partial charge in [0.25, 0.3) is 5.91 Å². The Hall–Kier alpha value is -3.99. The fourth-order valence-corrected chi connectivity index (χ4v) is 7.70. The molecule has 250 valence electrons. The summed E-state index contributed by atoms with van der Waals surface area (Å²) in [5, 5.41) is 13.4. The highest BCUT2D eigenvalue weighted by Crippen LogP contribution is 2.59. The van der Waals surface area contributed by atoms with Crippen LogP contribution >= 0.6 is 11.6 Å². The average molecular weight is 664 g/mol. The van der Waals surface area contributed by atoms with E-state index >= 15 is 0 Å². The summed E-state index contributed by atoms with van der Waals surface area (Å²) in [5.41, 5.74) is 0.615. The summed E-state index contributed by atoms with van der Waals surface area (Å²) >= 11 is 6.62. The van der Waals surface area contributed by atoms with Crippen LogP contribution in [0.4, 0.5) is 5.69 Å². The number of benzene rings is 2. The van der Waals surface area contributed by atoms with Crippen LogP contribution in [-0.4, -0.2) is 77.2 Å². The number of anilines is 1. The van der Waals surface area contributed by atoms with Gasteiger partial charge in [0, 0.05) is 13.0 Å². The fourth-order valence-electron chi connectivity index (χ4n) is 7.38. The highest BCUT2D eigenvalue weighted by Gasteiger charge is 2.75. The van der Waals surface area contributed by atoms with Crippen LogP contribution in [0.1, 0.15) is 49.8 Å². The van der Waals surface area contributed by atoms with Crippen LogP contribution < -0.4 is 10.2 Å². The molecule has 3 aliphatic rings. The van der Waals surface area contributed by atoms with Crippen LogP contribution in [-0.2, 0) is 28.7 Å². The summed E-state index contributed by atoms with van der Waals surface area (Å²) in [4.78, 5) is 58.5. The number of allylic oxidation sites excluding steroid dienone is 1. The highest BCUT2D eigenvalue weighted by atomic mass is 35.5. The van der Waals surface area contributed by atoms with E-state index in [9.17, 15) is 24.3 Å². The maximum atomic E-state index is 14.7. The summed E-state index contributed by atoms with van der Waals surface area (Å²) < 4.78 is 12.7. The first-order valence-electron chi connectivity index (χ1n) is 16.0. The molecule has 47 heavy (non-hydrogen) atoms. The van der Waals surface area contributed by atoms with Crippen molar-refractivity contribution in [2.24, 2.45) is 11.8 Å². The number of esters is 1. The Balaban J connectivity index is 1.48. The van der Waals surface area contributed by atoms with Crippen molar-refractivity contribution in [1.29, 1.82) is 0 Å². The number of likely N-dealkylation sites (tertiary alicyclic amines) is 1. The Morgan fingerprint density at radius 2 is 1.94 bits per heavy atom. The third-order valence-electron chi connectivity index (χ3n) is 9.51. The number of para-hydroxylation sites is 1. The summed E-state index contributed by atoms with van der Waals surface area (Å²) in [6, 6.07) is 12.5. The maximum absolute atomic E-state index is 14.7. The first kappa shape index (κ1) is 34.3. The highest BCUT2D eigenvalue weighted by molar-refractivity contribution is 6.34. The molecule has 3 heterocycles. The number of aliphatic hydroxyl groups is 1. The Bertz CT molecular complexity index is 1510. The monoisotopic (exact) mass is 663 g/mol. The van der Waals surface area contributed by atoms with E-state index in [0.29, 0.717) is 35.5 Å². The van der Waals surface area contributed by atoms with Crippen LogP contribution in [0.15, 0.2) is 73.8 Å². The van der Waals surface area contributed by atoms with E-state index in [1.54, 1.807) is 43.3 Å². The molecule has 0 aromatic heterocycles. The average Bonchev–Trinajstić information content (AvgIpc) is 3.72. The molecule has 7 atom stereocenters. The van der Waals surface area contributed by atoms with Crippen molar-refractivity contribution in [3.63, 3.8) is 0 Å². The Kier molecular flexibility index (Phi) is 10.5. The van der Waals surface area contributed by atoms with E-state index in [1.807, 2.05) is 31.2 Å². The largest absolute Gasteiger partial charge is 0.455 e. The van der Waals surface area contributed by atoms with Crippen LogP contribution in [0.3, 0.4) is 0 Å². The lowest BCUT2D eigenvalue weighted by Gasteiger charge is -2.39. The normalized spacial score (nSPS) is 25.5. The van der Waals surface area contributed by atoms with Crippen molar-refractivity contribution >= 4 is 41.0 Å². The van der Waals surface area contributed by atoms with Gasteiger partial charge in [0.15, 0.2) is 0 Å². The first-order chi connectivity index (χ1) is 22.6. The number of hydrogen-bond acceptors (Lipinski definition) is 7. The van der Waals surface area contributed by atoms with Crippen LogP contribution in [0, 0.1) is 18.8 Å². The molecule has 3 amide bonds. The van der Waals surface area contributed by atoms with Crippen molar-refractivity contribution in [3.8, 4) is 0 Å². The number of fused-ring (bicyclic) bond motifs is 1. The zero-order valence-corrected chi connectivity index (χ0v) is 27.5. The summed E-state index contributed by atoms with van der Waals surface area (Å²) in [6.45, 7) is 10.7. The van der Waals surface area contributed by atoms with Crippen molar-refractivity contribution in [1.82, 2.24) is 10.2 Å². The third kappa shape index (κ3) is 6.34. The van der Waals surface area contributed by atoms with Crippen molar-refractivity contribution < 1.29 is 33.8 Å². The predicted octanol–water partition coefficient (Wildman–Crippen LogP) is 4.29. The molecule has 10 nitrogen and oxygen atoms in total. The lowest BCUT2D eigenvalue weighted by molar-refractivity contribution is -0.161. The summed E-state index contributed by atoms with van der Waals surface area (Å²) in [6.07, 6.45) is 3.34. The van der Waals surface area contributed by atoms with Gasteiger partial charge in [-0.2, -0.15) is 0 Å². The summed E-state index contributed by atoms with van der Waals surface area (Å²) in [7, 11) is 0. The zero-order valence-electron chi connectivity index (χ0n) is 26.8. The van der Waals surface area contributed by atoms with E-state index in [1.165, 1.54) is 9.80 Å². The van der Waals surface area contributed by atoms with Crippen molar-refractivity contribution in [2.45, 2.75) is 69.4 Å². The molecular formula is C36H42ClN3O7. The van der Waals surface area contributed by atoms with Gasteiger partial charge in [0.1, 0.15) is 17.7 Å². The molecule has 1 spiro atoms. The topological polar surface area (TPSA) is 125 Å². The number of nitrogens with one attached hydrogen (secondary N) is 1. The molecule has 0 unspecified atom stereocenters. The van der Waals surface area contributed by atoms with Crippen molar-refractivity contribution in [3.05, 3.63) is 90.0 Å². The van der Waals surface area contributed by atoms with Gasteiger partial charge in [-0.25, -0.2) is 0 Å². The Labute approximate surface area is 280 Å². The van der Waals surface area contributed by atoms with Crippen LogP contribution in [0.25, 0.3) is 0 Å². The number of carbonyl (C=O) groups excluding carboxylic acids is 4. The second kappa shape index (κ2) is 14.4. The number of carbonyl (C=O) groups is 4. The van der Waals surface area contributed by atoms with Gasteiger partial charge in [-0.15, -0.1) is 13.2 Å². The van der Waals surface area contributed by atoms with Gasteiger partial charge in [-0.3, -0.25) is 19.2 Å². The Morgan fingerprint density at radius 1 is 1.19 bits per heavy atom. The Morgan fingerprint density at radius 3 is 2.60 bits per heavy atom. The van der Waals surface area contributed by atoms with E-state index in [4.69, 9.17) is 21.1 Å². The molecule has 0 aliphatic carbocycles. The quantitative estimate of drug-likeness (QED) is 0.228. The number of ether oxygens (including phenoxy) is 2. The number of amides is 3. The van der Waals surface area contributed by atoms with Crippen LogP contribution in [0.5, 0.6) is 0 Å². The minimum absolute atomic E-state index is 0.0379. The molecule has 2 bridgehead atoms. The molecule has 3 aliphatic heterocycles. The van der Waals surface area contributed by atoms with E-state index in [-0.39, 0.29) is 25.4 Å². The molecule has 0 saturated carbocycles. The molecule has 3 saturated heterocycles. The third-order valence-corrected chi connectivity index (χ3v) is 9.81. The molecule has 2 aromatic rings. The number of aryl methyl sites for hydroxylation is 1. The molecule has 2 aromatic carbocycles. The molecule has 5 rings (SSSR count).